The normalized spacial score (nSPS) is 11.3. The van der Waals surface area contributed by atoms with Crippen LogP contribution < -0.4 is 9.13 Å². The van der Waals surface area contributed by atoms with E-state index < -0.39 is 0 Å². The lowest BCUT2D eigenvalue weighted by Crippen LogP contribution is -2.25. The second-order valence-electron chi connectivity index (χ2n) is 10.2. The summed E-state index contributed by atoms with van der Waals surface area (Å²) in [6.07, 6.45) is 11.8. The Morgan fingerprint density at radius 2 is 1.00 bits per heavy atom. The maximum Gasteiger partial charge on any atom is 0.403 e. The van der Waals surface area contributed by atoms with Crippen LogP contribution in [0.5, 0.6) is 0 Å². The zero-order valence-corrected chi connectivity index (χ0v) is 26.0. The molecule has 0 aliphatic rings. The van der Waals surface area contributed by atoms with Crippen molar-refractivity contribution in [2.75, 3.05) is 0 Å². The Labute approximate surface area is 245 Å². The first kappa shape index (κ1) is 33.1. The van der Waals surface area contributed by atoms with E-state index in [1.807, 2.05) is 37.3 Å². The van der Waals surface area contributed by atoms with Crippen LogP contribution in [0, 0.1) is 28.7 Å². The van der Waals surface area contributed by atoms with Gasteiger partial charge in [-0.1, -0.05) is 53.8 Å². The third-order valence-electron chi connectivity index (χ3n) is 6.95. The van der Waals surface area contributed by atoms with Crippen LogP contribution in [-0.4, -0.2) is 19.6 Å². The SMILES string of the molecule is Cc1cc(CCCCCCCc2ccc(N=Nc3n(C)nc[n+]3C)c(C)c2)ccc1N=Nc1n(C)nc[n+]1C.[CH3-].[CH3-]. The van der Waals surface area contributed by atoms with E-state index in [1.54, 1.807) is 22.0 Å². The monoisotopic (exact) mass is 558 g/mol. The molecule has 10 heteroatoms. The molecule has 0 radical (unpaired) electrons. The number of aryl methyl sites for hydroxylation is 8. The van der Waals surface area contributed by atoms with Crippen molar-refractivity contribution in [3.05, 3.63) is 86.2 Å². The van der Waals surface area contributed by atoms with Crippen LogP contribution in [0.3, 0.4) is 0 Å². The third-order valence-corrected chi connectivity index (χ3v) is 6.95. The fraction of sp³-hybridized carbons (Fsp3) is 0.419. The summed E-state index contributed by atoms with van der Waals surface area (Å²) in [6, 6.07) is 13.0. The molecular formula is C31H46N10. The van der Waals surface area contributed by atoms with Crippen molar-refractivity contribution in [3.63, 3.8) is 0 Å². The van der Waals surface area contributed by atoms with Gasteiger partial charge in [-0.25, -0.2) is 9.13 Å². The standard InChI is InChI=1S/C29H40N10.2CH3/c1-22-18-24(14-16-26(22)32-34-28-36(3)20-30-38(28)5)12-10-8-7-9-11-13-25-15-17-27(23(2)19-25)33-35-29-37(4)21-31-39(29)6;;/h14-21H,7-13H2,1-6H3;2*1H3/q+2;2*-1. The highest BCUT2D eigenvalue weighted by molar-refractivity contribution is 5.47. The number of rotatable bonds is 12. The molecule has 2 aromatic heterocycles. The van der Waals surface area contributed by atoms with Gasteiger partial charge in [-0.15, -0.1) is 9.36 Å². The minimum atomic E-state index is 0. The van der Waals surface area contributed by atoms with Gasteiger partial charge in [0.15, 0.2) is 0 Å². The molecule has 0 saturated carbocycles. The second kappa shape index (κ2) is 15.6. The predicted octanol–water partition coefficient (Wildman–Crippen LogP) is 6.89. The lowest BCUT2D eigenvalue weighted by atomic mass is 10.0. The van der Waals surface area contributed by atoms with Crippen molar-refractivity contribution in [2.24, 2.45) is 48.6 Å². The Balaban J connectivity index is 0.00000294. The Bertz CT molecular complexity index is 1310. The van der Waals surface area contributed by atoms with E-state index in [0.29, 0.717) is 11.9 Å². The average molecular weight is 559 g/mol. The molecule has 0 bridgehead atoms. The van der Waals surface area contributed by atoms with Gasteiger partial charge in [0.2, 0.25) is 12.7 Å². The second-order valence-corrected chi connectivity index (χ2v) is 10.2. The zero-order chi connectivity index (χ0) is 27.8. The van der Waals surface area contributed by atoms with Gasteiger partial charge in [0.1, 0.15) is 11.4 Å². The van der Waals surface area contributed by atoms with Gasteiger partial charge in [-0.05, 0) is 84.1 Å². The predicted molar refractivity (Wildman–Crippen MR) is 163 cm³/mol. The molecule has 0 saturated heterocycles. The summed E-state index contributed by atoms with van der Waals surface area (Å²) in [6.45, 7) is 4.19. The topological polar surface area (TPSA) is 92.8 Å². The van der Waals surface area contributed by atoms with Gasteiger partial charge < -0.3 is 14.9 Å². The molecule has 41 heavy (non-hydrogen) atoms. The molecule has 0 N–H and O–H groups in total. The minimum Gasteiger partial charge on any atom is -0.358 e. The highest BCUT2D eigenvalue weighted by Gasteiger charge is 2.13. The molecular weight excluding hydrogens is 512 g/mol. The first-order valence-electron chi connectivity index (χ1n) is 13.6. The van der Waals surface area contributed by atoms with Crippen molar-refractivity contribution < 1.29 is 9.13 Å². The maximum absolute atomic E-state index is 4.43. The number of benzene rings is 2. The molecule has 2 aromatic carbocycles. The smallest absolute Gasteiger partial charge is 0.358 e. The Morgan fingerprint density at radius 1 is 0.610 bits per heavy atom. The molecule has 0 unspecified atom stereocenters. The van der Waals surface area contributed by atoms with Crippen LogP contribution in [-0.2, 0) is 41.0 Å². The number of unbranched alkanes of at least 4 members (excludes halogenated alkanes) is 4. The van der Waals surface area contributed by atoms with Crippen molar-refractivity contribution in [1.29, 1.82) is 0 Å². The molecule has 0 aliphatic heterocycles. The fourth-order valence-corrected chi connectivity index (χ4v) is 4.60. The summed E-state index contributed by atoms with van der Waals surface area (Å²) in [4.78, 5) is 0. The summed E-state index contributed by atoms with van der Waals surface area (Å²) in [7, 11) is 7.55. The zero-order valence-electron chi connectivity index (χ0n) is 26.0. The third kappa shape index (κ3) is 8.96. The lowest BCUT2D eigenvalue weighted by Gasteiger charge is -2.06. The number of aromatic nitrogens is 6. The average Bonchev–Trinajstić information content (AvgIpc) is 3.41. The van der Waals surface area contributed by atoms with Gasteiger partial charge in [0.05, 0.1) is 28.2 Å². The van der Waals surface area contributed by atoms with Gasteiger partial charge >= 0.3 is 11.9 Å². The molecule has 0 amide bonds. The number of azo groups is 2. The highest BCUT2D eigenvalue weighted by atomic mass is 15.4. The van der Waals surface area contributed by atoms with Crippen LogP contribution in [0.25, 0.3) is 0 Å². The molecule has 0 fully saturated rings. The Kier molecular flexibility index (Phi) is 12.6. The van der Waals surface area contributed by atoms with E-state index in [2.05, 4.69) is 80.9 Å². The van der Waals surface area contributed by atoms with Crippen LogP contribution >= 0.6 is 0 Å². The summed E-state index contributed by atoms with van der Waals surface area (Å²) < 4.78 is 7.12. The molecule has 10 nitrogen and oxygen atoms in total. The summed E-state index contributed by atoms with van der Waals surface area (Å²) >= 11 is 0. The summed E-state index contributed by atoms with van der Waals surface area (Å²) in [5.41, 5.74) is 6.82. The molecule has 220 valence electrons. The van der Waals surface area contributed by atoms with Gasteiger partial charge in [-0.3, -0.25) is 0 Å². The summed E-state index contributed by atoms with van der Waals surface area (Å²) in [5, 5.41) is 25.9. The number of hydrogen-bond donors (Lipinski definition) is 0. The molecule has 4 rings (SSSR count). The maximum atomic E-state index is 4.43. The molecule has 0 spiro atoms. The van der Waals surface area contributed by atoms with Crippen molar-refractivity contribution in [1.82, 2.24) is 19.6 Å². The van der Waals surface area contributed by atoms with E-state index in [9.17, 15) is 0 Å². The molecule has 0 atom stereocenters. The Morgan fingerprint density at radius 3 is 1.34 bits per heavy atom. The van der Waals surface area contributed by atoms with Gasteiger partial charge in [-0.2, -0.15) is 0 Å². The molecule has 4 aromatic rings. The van der Waals surface area contributed by atoms with Crippen LogP contribution in [0.4, 0.5) is 23.3 Å². The van der Waals surface area contributed by atoms with Gasteiger partial charge in [0, 0.05) is 10.2 Å². The lowest BCUT2D eigenvalue weighted by molar-refractivity contribution is -0.659. The van der Waals surface area contributed by atoms with Crippen molar-refractivity contribution in [2.45, 2.75) is 58.8 Å². The van der Waals surface area contributed by atoms with E-state index in [0.717, 1.165) is 35.3 Å². The molecule has 0 aliphatic carbocycles. The largest absolute Gasteiger partial charge is 0.403 e. The first-order valence-corrected chi connectivity index (χ1v) is 13.6. The fourth-order valence-electron chi connectivity index (χ4n) is 4.60. The van der Waals surface area contributed by atoms with E-state index in [4.69, 9.17) is 0 Å². The number of nitrogens with zero attached hydrogens (tertiary/aromatic N) is 10. The van der Waals surface area contributed by atoms with E-state index in [1.165, 1.54) is 43.2 Å². The first-order chi connectivity index (χ1) is 18.8. The van der Waals surface area contributed by atoms with Crippen molar-refractivity contribution >= 4 is 23.3 Å². The molecule has 2 heterocycles. The Hall–Kier alpha value is -4.08. The quantitative estimate of drug-likeness (QED) is 0.0820. The highest BCUT2D eigenvalue weighted by Crippen LogP contribution is 2.24. The summed E-state index contributed by atoms with van der Waals surface area (Å²) in [5.74, 6) is 1.42. The van der Waals surface area contributed by atoms with Crippen LogP contribution in [0.2, 0.25) is 0 Å². The van der Waals surface area contributed by atoms with Crippen LogP contribution in [0.1, 0.15) is 54.4 Å². The van der Waals surface area contributed by atoms with E-state index in [-0.39, 0.29) is 14.9 Å². The van der Waals surface area contributed by atoms with Crippen LogP contribution in [0.15, 0.2) is 69.5 Å². The van der Waals surface area contributed by atoms with Gasteiger partial charge in [0.25, 0.3) is 0 Å². The number of hydrogen-bond acceptors (Lipinski definition) is 6. The minimum absolute atomic E-state index is 0. The van der Waals surface area contributed by atoms with E-state index >= 15 is 0 Å². The van der Waals surface area contributed by atoms with Crippen molar-refractivity contribution in [3.8, 4) is 0 Å².